The second kappa shape index (κ2) is 47.7. The summed E-state index contributed by atoms with van der Waals surface area (Å²) in [6.45, 7) is 6.25. The van der Waals surface area contributed by atoms with E-state index in [9.17, 15) is 14.4 Å². The lowest BCUT2D eigenvalue weighted by molar-refractivity contribution is -0.167. The molecule has 0 saturated carbocycles. The monoisotopic (exact) mass is 831 g/mol. The molecule has 0 fully saturated rings. The fourth-order valence-corrected chi connectivity index (χ4v) is 6.02. The van der Waals surface area contributed by atoms with Crippen LogP contribution in [0.25, 0.3) is 0 Å². The molecule has 0 spiro atoms. The maximum absolute atomic E-state index is 12.7. The van der Waals surface area contributed by atoms with Crippen LogP contribution in [0.15, 0.2) is 109 Å². The number of unbranched alkanes of at least 4 members (excludes halogenated alkanes) is 15. The SMILES string of the molecule is CC\C=C/C=C\C=C/C=C\CCCCCC(=O)OC(COC(=O)CCCC/C=C\C/C=C\C/C=C\CC)COC(=O)CCCCCCCCC/C=C\C/C=C\CCCCC. The summed E-state index contributed by atoms with van der Waals surface area (Å²) >= 11 is 0. The second-order valence-corrected chi connectivity index (χ2v) is 15.3. The van der Waals surface area contributed by atoms with Gasteiger partial charge in [-0.1, -0.05) is 182 Å². The quantitative estimate of drug-likeness (QED) is 0.0201. The Morgan fingerprint density at radius 2 is 0.733 bits per heavy atom. The van der Waals surface area contributed by atoms with Crippen LogP contribution in [0.4, 0.5) is 0 Å². The van der Waals surface area contributed by atoms with E-state index in [1.807, 2.05) is 36.5 Å². The fraction of sp³-hybridized carbons (Fsp3) is 0.611. The standard InChI is InChI=1S/C54H86O6/c1-4-7-10-13-16-19-22-25-26-27-28-30-32-35-38-41-44-47-53(56)59-50-51(49-58-52(55)46-43-40-37-34-31-24-21-18-15-12-9-6-3)60-54(57)48-45-42-39-36-33-29-23-20-17-14-11-8-5-2/h8-9,11-12,14,16-21,23,25-26,29,31,33-34,51H,4-7,10,13,15,22,24,27-28,30,32,35-50H2,1-3H3/b11-8-,12-9-,17-14-,19-16-,21-18-,23-20-,26-25-,33-29-,34-31-. The molecule has 338 valence electrons. The average Bonchev–Trinajstić information content (AvgIpc) is 3.24. The molecule has 0 heterocycles. The molecule has 0 bridgehead atoms. The van der Waals surface area contributed by atoms with Gasteiger partial charge in [0.1, 0.15) is 13.2 Å². The molecule has 0 aliphatic heterocycles. The largest absolute Gasteiger partial charge is 0.462 e. The van der Waals surface area contributed by atoms with Gasteiger partial charge in [0, 0.05) is 19.3 Å². The van der Waals surface area contributed by atoms with Gasteiger partial charge in [0.05, 0.1) is 0 Å². The lowest BCUT2D eigenvalue weighted by Crippen LogP contribution is -2.30. The summed E-state index contributed by atoms with van der Waals surface area (Å²) in [6.07, 6.45) is 63.6. The summed E-state index contributed by atoms with van der Waals surface area (Å²) < 4.78 is 16.7. The van der Waals surface area contributed by atoms with Gasteiger partial charge in [0.15, 0.2) is 6.10 Å². The summed E-state index contributed by atoms with van der Waals surface area (Å²) in [4.78, 5) is 37.8. The van der Waals surface area contributed by atoms with Crippen LogP contribution in [-0.4, -0.2) is 37.2 Å². The summed E-state index contributed by atoms with van der Waals surface area (Å²) in [6, 6.07) is 0. The van der Waals surface area contributed by atoms with Crippen LogP contribution < -0.4 is 0 Å². The molecule has 60 heavy (non-hydrogen) atoms. The summed E-state index contributed by atoms with van der Waals surface area (Å²) in [5, 5.41) is 0. The number of carbonyl (C=O) groups is 3. The number of hydrogen-bond acceptors (Lipinski definition) is 6. The lowest BCUT2D eigenvalue weighted by Gasteiger charge is -2.18. The maximum Gasteiger partial charge on any atom is 0.306 e. The van der Waals surface area contributed by atoms with E-state index in [4.69, 9.17) is 14.2 Å². The number of rotatable bonds is 41. The first-order valence-corrected chi connectivity index (χ1v) is 23.9. The van der Waals surface area contributed by atoms with Crippen LogP contribution in [0.2, 0.25) is 0 Å². The molecule has 0 aromatic heterocycles. The minimum absolute atomic E-state index is 0.113. The molecule has 1 atom stereocenters. The molecule has 0 amide bonds. The van der Waals surface area contributed by atoms with Gasteiger partial charge < -0.3 is 14.2 Å². The normalized spacial score (nSPS) is 13.1. The van der Waals surface area contributed by atoms with Gasteiger partial charge in [-0.25, -0.2) is 0 Å². The average molecular weight is 831 g/mol. The Balaban J connectivity index is 4.50. The topological polar surface area (TPSA) is 78.9 Å². The minimum atomic E-state index is -0.818. The zero-order chi connectivity index (χ0) is 43.7. The van der Waals surface area contributed by atoms with Crippen molar-refractivity contribution in [2.24, 2.45) is 0 Å². The van der Waals surface area contributed by atoms with Gasteiger partial charge in [0.2, 0.25) is 0 Å². The van der Waals surface area contributed by atoms with Crippen LogP contribution in [0.5, 0.6) is 0 Å². The van der Waals surface area contributed by atoms with Gasteiger partial charge in [-0.3, -0.25) is 14.4 Å². The Bertz CT molecular complexity index is 1280. The number of esters is 3. The first-order chi connectivity index (χ1) is 29.5. The number of hydrogen-bond donors (Lipinski definition) is 0. The zero-order valence-corrected chi connectivity index (χ0v) is 38.4. The third kappa shape index (κ3) is 45.2. The number of ether oxygens (including phenoxy) is 3. The molecule has 0 radical (unpaired) electrons. The van der Waals surface area contributed by atoms with E-state index in [1.165, 1.54) is 51.4 Å². The Labute approximate surface area is 368 Å². The van der Waals surface area contributed by atoms with Crippen LogP contribution in [0.3, 0.4) is 0 Å². The highest BCUT2D eigenvalue weighted by atomic mass is 16.6. The Hall–Kier alpha value is -3.93. The van der Waals surface area contributed by atoms with Crippen molar-refractivity contribution in [2.75, 3.05) is 13.2 Å². The predicted molar refractivity (Wildman–Crippen MR) is 256 cm³/mol. The fourth-order valence-electron chi connectivity index (χ4n) is 6.02. The molecule has 0 aliphatic rings. The van der Waals surface area contributed by atoms with Gasteiger partial charge >= 0.3 is 17.9 Å². The Morgan fingerprint density at radius 1 is 0.367 bits per heavy atom. The van der Waals surface area contributed by atoms with Crippen molar-refractivity contribution in [2.45, 2.75) is 200 Å². The van der Waals surface area contributed by atoms with Crippen molar-refractivity contribution in [3.05, 3.63) is 109 Å². The molecular formula is C54H86O6. The van der Waals surface area contributed by atoms with Crippen LogP contribution in [-0.2, 0) is 28.6 Å². The van der Waals surface area contributed by atoms with Gasteiger partial charge in [-0.2, -0.15) is 0 Å². The highest BCUT2D eigenvalue weighted by Crippen LogP contribution is 2.12. The van der Waals surface area contributed by atoms with E-state index in [2.05, 4.69) is 93.7 Å². The molecule has 0 aromatic carbocycles. The van der Waals surface area contributed by atoms with Crippen LogP contribution in [0.1, 0.15) is 194 Å². The smallest absolute Gasteiger partial charge is 0.306 e. The van der Waals surface area contributed by atoms with E-state index in [0.29, 0.717) is 25.7 Å². The predicted octanol–water partition coefficient (Wildman–Crippen LogP) is 15.6. The molecule has 0 aromatic rings. The van der Waals surface area contributed by atoms with Crippen molar-refractivity contribution in [1.82, 2.24) is 0 Å². The Kier molecular flexibility index (Phi) is 44.6. The molecule has 0 aliphatic carbocycles. The van der Waals surface area contributed by atoms with Crippen molar-refractivity contribution in [1.29, 1.82) is 0 Å². The van der Waals surface area contributed by atoms with Crippen molar-refractivity contribution >= 4 is 17.9 Å². The van der Waals surface area contributed by atoms with Crippen molar-refractivity contribution in [3.8, 4) is 0 Å². The maximum atomic E-state index is 12.7. The summed E-state index contributed by atoms with van der Waals surface area (Å²) in [5.41, 5.74) is 0. The van der Waals surface area contributed by atoms with Crippen LogP contribution >= 0.6 is 0 Å². The second-order valence-electron chi connectivity index (χ2n) is 15.3. The number of allylic oxidation sites excluding steroid dienone is 18. The molecule has 6 nitrogen and oxygen atoms in total. The third-order valence-corrected chi connectivity index (χ3v) is 9.59. The van der Waals surface area contributed by atoms with Gasteiger partial charge in [-0.15, -0.1) is 0 Å². The highest BCUT2D eigenvalue weighted by molar-refractivity contribution is 5.71. The van der Waals surface area contributed by atoms with Crippen molar-refractivity contribution in [3.63, 3.8) is 0 Å². The number of carbonyl (C=O) groups excluding carboxylic acids is 3. The zero-order valence-electron chi connectivity index (χ0n) is 38.4. The minimum Gasteiger partial charge on any atom is -0.462 e. The van der Waals surface area contributed by atoms with E-state index in [1.54, 1.807) is 0 Å². The van der Waals surface area contributed by atoms with E-state index in [-0.39, 0.29) is 37.5 Å². The molecule has 0 rings (SSSR count). The van der Waals surface area contributed by atoms with Gasteiger partial charge in [0.25, 0.3) is 0 Å². The van der Waals surface area contributed by atoms with Crippen molar-refractivity contribution < 1.29 is 28.6 Å². The van der Waals surface area contributed by atoms with Gasteiger partial charge in [-0.05, 0) is 103 Å². The lowest BCUT2D eigenvalue weighted by atomic mass is 10.1. The molecule has 0 N–H and O–H groups in total. The third-order valence-electron chi connectivity index (χ3n) is 9.59. The highest BCUT2D eigenvalue weighted by Gasteiger charge is 2.19. The summed E-state index contributed by atoms with van der Waals surface area (Å²) in [5.74, 6) is -1.01. The first-order valence-electron chi connectivity index (χ1n) is 23.9. The van der Waals surface area contributed by atoms with E-state index < -0.39 is 6.10 Å². The van der Waals surface area contributed by atoms with Crippen LogP contribution in [0, 0.1) is 0 Å². The molecule has 1 unspecified atom stereocenters. The molecule has 0 saturated heterocycles. The molecule has 6 heteroatoms. The summed E-state index contributed by atoms with van der Waals surface area (Å²) in [7, 11) is 0. The first kappa shape index (κ1) is 56.1. The Morgan fingerprint density at radius 3 is 1.27 bits per heavy atom. The molecular weight excluding hydrogens is 745 g/mol. The van der Waals surface area contributed by atoms with E-state index in [0.717, 1.165) is 89.9 Å². The van der Waals surface area contributed by atoms with E-state index >= 15 is 0 Å².